The van der Waals surface area contributed by atoms with E-state index in [0.717, 1.165) is 4.90 Å². The summed E-state index contributed by atoms with van der Waals surface area (Å²) in [5.41, 5.74) is -3.84. The Bertz CT molecular complexity index is 2150. The smallest absolute Gasteiger partial charge is 0.408 e. The van der Waals surface area contributed by atoms with Crippen molar-refractivity contribution >= 4 is 44.9 Å². The molecule has 0 unspecified atom stereocenters. The highest BCUT2D eigenvalue weighted by Crippen LogP contribution is 2.50. The van der Waals surface area contributed by atoms with Gasteiger partial charge in [-0.25, -0.2) is 32.0 Å². The topological polar surface area (TPSA) is 195 Å². The number of benzene rings is 1. The van der Waals surface area contributed by atoms with Gasteiger partial charge >= 0.3 is 6.09 Å². The lowest BCUT2D eigenvalue weighted by Gasteiger charge is -2.36. The molecule has 4 amide bonds. The number of hydrogen-bond donors (Lipinski definition) is 3. The van der Waals surface area contributed by atoms with Crippen LogP contribution in [0.1, 0.15) is 91.7 Å². The first-order valence-electron chi connectivity index (χ1n) is 19.9. The molecule has 7 rings (SSSR count). The van der Waals surface area contributed by atoms with Crippen molar-refractivity contribution in [1.82, 2.24) is 30.2 Å². The van der Waals surface area contributed by atoms with Gasteiger partial charge in [0.25, 0.3) is 11.8 Å². The number of rotatable bonds is 7. The van der Waals surface area contributed by atoms with Crippen molar-refractivity contribution in [2.75, 3.05) is 13.7 Å². The Morgan fingerprint density at radius 1 is 1.05 bits per heavy atom. The fourth-order valence-electron chi connectivity index (χ4n) is 8.09. The number of methoxy groups -OCH3 is 1. The highest BCUT2D eigenvalue weighted by atomic mass is 32.2. The van der Waals surface area contributed by atoms with Crippen molar-refractivity contribution in [2.24, 2.45) is 23.2 Å². The number of amides is 4. The molecular formula is C39H50F4N6O9S. The van der Waals surface area contributed by atoms with Crippen molar-refractivity contribution in [2.45, 2.75) is 133 Å². The summed E-state index contributed by atoms with van der Waals surface area (Å²) in [4.78, 5) is 65.8. The molecular weight excluding hydrogens is 805 g/mol. The quantitative estimate of drug-likeness (QED) is 0.331. The maximum Gasteiger partial charge on any atom is 0.408 e. The standard InChI is InChI=1S/C39H50F4N6O9S/c1-19-26-18-49(27(19)31(50)47-38(17-22(38)30(40)41)34(52)48-59(54,55)37(5)13-14-37)33(51)29(36(2,3)4)46-35(53)58-25-15-20(25)9-7-8-12-39(42,43)28-32(57-26)45-24-16-21(56-6)10-11-23(24)44-28/h10-11,16,19-20,22,25-27,29-30H,7-9,12-15,17-18H2,1-6H3,(H,46,53)(H,47,50)(H,48,52)/t19-,20-,22+,25-,26+,27+,29-,38-/m1/s1. The number of carbonyl (C=O) groups is 4. The van der Waals surface area contributed by atoms with Crippen molar-refractivity contribution in [3.8, 4) is 11.6 Å². The van der Waals surface area contributed by atoms with Crippen LogP contribution in [0.15, 0.2) is 18.2 Å². The molecule has 3 aliphatic carbocycles. The third-order valence-electron chi connectivity index (χ3n) is 12.5. The molecule has 3 saturated carbocycles. The van der Waals surface area contributed by atoms with Crippen molar-refractivity contribution < 1.29 is 59.4 Å². The fourth-order valence-corrected chi connectivity index (χ4v) is 9.41. The number of nitrogens with zero attached hydrogens (tertiary/aromatic N) is 3. The molecule has 4 fully saturated rings. The number of carbonyl (C=O) groups excluding carboxylic acids is 4. The molecule has 59 heavy (non-hydrogen) atoms. The van der Waals surface area contributed by atoms with Gasteiger partial charge in [0.1, 0.15) is 35.6 Å². The molecule has 3 N–H and O–H groups in total. The van der Waals surface area contributed by atoms with E-state index in [1.807, 2.05) is 4.72 Å². The Kier molecular flexibility index (Phi) is 10.8. The van der Waals surface area contributed by atoms with Crippen LogP contribution in [0.3, 0.4) is 0 Å². The van der Waals surface area contributed by atoms with Crippen LogP contribution in [0.25, 0.3) is 11.0 Å². The lowest BCUT2D eigenvalue weighted by Crippen LogP contribution is -2.61. The largest absolute Gasteiger partial charge is 0.497 e. The number of aromatic nitrogens is 2. The molecule has 15 nitrogen and oxygen atoms in total. The van der Waals surface area contributed by atoms with E-state index in [9.17, 15) is 36.4 Å². The number of nitrogens with one attached hydrogen (secondary N) is 3. The molecule has 3 heterocycles. The third kappa shape index (κ3) is 8.21. The maximum absolute atomic E-state index is 16.3. The summed E-state index contributed by atoms with van der Waals surface area (Å²) < 4.78 is 105. The van der Waals surface area contributed by atoms with Gasteiger partial charge in [-0.3, -0.25) is 19.1 Å². The second-order valence-corrected chi connectivity index (χ2v) is 20.2. The van der Waals surface area contributed by atoms with Gasteiger partial charge in [-0.15, -0.1) is 0 Å². The number of alkyl carbamates (subject to hydrolysis) is 1. The molecule has 1 aromatic carbocycles. The van der Waals surface area contributed by atoms with Crippen LogP contribution < -0.4 is 24.8 Å². The van der Waals surface area contributed by atoms with Crippen molar-refractivity contribution in [3.05, 3.63) is 23.9 Å². The van der Waals surface area contributed by atoms with Gasteiger partial charge in [-0.1, -0.05) is 34.1 Å². The number of hydrogen-bond acceptors (Lipinski definition) is 11. The van der Waals surface area contributed by atoms with Crippen LogP contribution in [-0.2, 0) is 35.1 Å². The number of sulfonamides is 1. The van der Waals surface area contributed by atoms with E-state index in [4.69, 9.17) is 14.2 Å². The van der Waals surface area contributed by atoms with E-state index >= 15 is 8.78 Å². The van der Waals surface area contributed by atoms with Gasteiger partial charge in [0, 0.05) is 18.4 Å². The molecule has 8 atom stereocenters. The van der Waals surface area contributed by atoms with Gasteiger partial charge in [0.15, 0.2) is 5.69 Å². The molecule has 5 aliphatic rings. The van der Waals surface area contributed by atoms with E-state index < -0.39 is 129 Å². The van der Waals surface area contributed by atoms with Gasteiger partial charge in [0.2, 0.25) is 34.1 Å². The van der Waals surface area contributed by atoms with E-state index in [0.29, 0.717) is 25.0 Å². The molecule has 324 valence electrons. The average Bonchev–Trinajstić information content (AvgIpc) is 4.10. The highest BCUT2D eigenvalue weighted by Gasteiger charge is 2.67. The number of alkyl halides is 4. The van der Waals surface area contributed by atoms with Crippen molar-refractivity contribution in [3.63, 3.8) is 0 Å². The van der Waals surface area contributed by atoms with Gasteiger partial charge in [0.05, 0.1) is 35.4 Å². The first kappa shape index (κ1) is 42.6. The van der Waals surface area contributed by atoms with E-state index in [1.54, 1.807) is 26.8 Å². The molecule has 20 heteroatoms. The summed E-state index contributed by atoms with van der Waals surface area (Å²) in [5, 5.41) is 5.01. The zero-order valence-corrected chi connectivity index (χ0v) is 34.5. The number of halogens is 4. The van der Waals surface area contributed by atoms with Gasteiger partial charge < -0.3 is 29.7 Å². The maximum atomic E-state index is 16.3. The minimum absolute atomic E-state index is 0.0641. The van der Waals surface area contributed by atoms with Crippen LogP contribution >= 0.6 is 0 Å². The first-order chi connectivity index (χ1) is 27.5. The highest BCUT2D eigenvalue weighted by molar-refractivity contribution is 7.91. The second-order valence-electron chi connectivity index (χ2n) is 18.0. The molecule has 1 saturated heterocycles. The Hall–Kier alpha value is -4.49. The van der Waals surface area contributed by atoms with Gasteiger partial charge in [-0.05, 0) is 68.9 Å². The van der Waals surface area contributed by atoms with Crippen LogP contribution in [0.2, 0.25) is 0 Å². The van der Waals surface area contributed by atoms with Gasteiger partial charge in [-0.2, -0.15) is 8.78 Å². The van der Waals surface area contributed by atoms with E-state index in [1.165, 1.54) is 33.1 Å². The summed E-state index contributed by atoms with van der Waals surface area (Å²) in [6.45, 7) is 7.42. The minimum atomic E-state index is -4.31. The van der Waals surface area contributed by atoms with Crippen LogP contribution in [0.5, 0.6) is 11.6 Å². The molecule has 0 spiro atoms. The summed E-state index contributed by atoms with van der Waals surface area (Å²) >= 11 is 0. The molecule has 2 bridgehead atoms. The SMILES string of the molecule is COc1ccc2nc3c(nc2c1)O[C@H]1CN(C(=O)[C@H](C(C)(C)C)NC(=O)O[C@@H]2C[C@H]2CCCCC3(F)F)[C@H](C(=O)N[C@]2(C(=O)NS(=O)(=O)C3(C)CC3)C[C@H]2C(F)F)[C@@H]1C. The number of fused-ring (bicyclic) bond motifs is 5. The molecule has 2 aromatic rings. The molecule has 1 aromatic heterocycles. The van der Waals surface area contributed by atoms with E-state index in [2.05, 4.69) is 20.6 Å². The Balaban J connectivity index is 1.28. The first-order valence-corrected chi connectivity index (χ1v) is 21.3. The van der Waals surface area contributed by atoms with Crippen molar-refractivity contribution in [1.29, 1.82) is 0 Å². The predicted molar refractivity (Wildman–Crippen MR) is 202 cm³/mol. The van der Waals surface area contributed by atoms with Crippen LogP contribution in [0.4, 0.5) is 22.4 Å². The summed E-state index contributed by atoms with van der Waals surface area (Å²) in [6, 6.07) is 1.55. The Morgan fingerprint density at radius 2 is 1.76 bits per heavy atom. The Morgan fingerprint density at radius 3 is 2.39 bits per heavy atom. The summed E-state index contributed by atoms with van der Waals surface area (Å²) in [7, 11) is -2.89. The second kappa shape index (κ2) is 14.9. The molecule has 2 aliphatic heterocycles. The van der Waals surface area contributed by atoms with Crippen LogP contribution in [0, 0.1) is 23.2 Å². The lowest BCUT2D eigenvalue weighted by molar-refractivity contribution is -0.143. The molecule has 0 radical (unpaired) electrons. The lowest BCUT2D eigenvalue weighted by atomic mass is 9.85. The normalized spacial score (nSPS) is 31.6. The average molecular weight is 855 g/mol. The summed E-state index contributed by atoms with van der Waals surface area (Å²) in [5.74, 6) is -9.94. The van der Waals surface area contributed by atoms with Crippen LogP contribution in [-0.4, -0.2) is 102 Å². The zero-order valence-electron chi connectivity index (χ0n) is 33.7. The van der Waals surface area contributed by atoms with E-state index in [-0.39, 0.29) is 36.2 Å². The fraction of sp³-hybridized carbons (Fsp3) is 0.692. The predicted octanol–water partition coefficient (Wildman–Crippen LogP) is 4.57. The minimum Gasteiger partial charge on any atom is -0.497 e. The zero-order chi connectivity index (χ0) is 43.0. The number of ether oxygens (including phenoxy) is 3. The third-order valence-corrected chi connectivity index (χ3v) is 14.7. The Labute approximate surface area is 339 Å². The monoisotopic (exact) mass is 854 g/mol. The summed E-state index contributed by atoms with van der Waals surface area (Å²) in [6.07, 6.45) is -4.99.